The fraction of sp³-hybridized carbons (Fsp3) is 0.500. The average Bonchev–Trinajstić information content (AvgIpc) is 1.65. The van der Waals surface area contributed by atoms with Gasteiger partial charge in [-0.05, 0) is 6.92 Å². The molecule has 0 aliphatic carbocycles. The number of carbonyl (C=O) groups excluding carboxylic acids is 1. The van der Waals surface area contributed by atoms with Gasteiger partial charge in [-0.2, -0.15) is 0 Å². The van der Waals surface area contributed by atoms with Crippen molar-refractivity contribution in [3.05, 3.63) is 6.92 Å². The predicted molar refractivity (Wildman–Crippen MR) is 22.2 cm³/mol. The number of ether oxygens (including phenoxy) is 1. The first kappa shape index (κ1) is 5.63. The van der Waals surface area contributed by atoms with Crippen LogP contribution in [0.4, 0.5) is 0 Å². The van der Waals surface area contributed by atoms with Crippen LogP contribution in [0.15, 0.2) is 0 Å². The van der Waals surface area contributed by atoms with Crippen molar-refractivity contribution in [1.29, 1.82) is 0 Å². The third-order valence-electron chi connectivity index (χ3n) is 0.455. The third kappa shape index (κ3) is 1.91. The molecule has 0 aromatic carbocycles. The maximum absolute atomic E-state index is 9.55. The average molecular weight is 87.1 g/mol. The summed E-state index contributed by atoms with van der Waals surface area (Å²) in [5.74, 6) is 0. The summed E-state index contributed by atoms with van der Waals surface area (Å²) in [6.07, 6.45) is 0.144. The lowest BCUT2D eigenvalue weighted by Crippen LogP contribution is -2.04. The Morgan fingerprint density at radius 1 is 2.00 bits per heavy atom. The van der Waals surface area contributed by atoms with E-state index in [9.17, 15) is 4.79 Å². The zero-order valence-corrected chi connectivity index (χ0v) is 3.68. The monoisotopic (exact) mass is 87.0 g/mol. The first-order valence-electron chi connectivity index (χ1n) is 1.62. The van der Waals surface area contributed by atoms with E-state index in [-0.39, 0.29) is 0 Å². The number of aldehydes is 1. The normalized spacial score (nSPS) is 13.7. The topological polar surface area (TPSA) is 26.3 Å². The SMILES string of the molecule is [CH2]C(C=O)OC. The van der Waals surface area contributed by atoms with Crippen molar-refractivity contribution in [2.75, 3.05) is 7.11 Å². The molecule has 0 saturated heterocycles. The van der Waals surface area contributed by atoms with E-state index < -0.39 is 6.10 Å². The van der Waals surface area contributed by atoms with Crippen LogP contribution in [0.5, 0.6) is 0 Å². The quantitative estimate of drug-likeness (QED) is 0.444. The molecule has 0 aliphatic rings. The molecule has 0 rings (SSSR count). The molecular formula is C4H7O2. The first-order valence-corrected chi connectivity index (χ1v) is 1.62. The second-order valence-corrected chi connectivity index (χ2v) is 0.910. The van der Waals surface area contributed by atoms with Gasteiger partial charge in [0.25, 0.3) is 0 Å². The van der Waals surface area contributed by atoms with E-state index in [0.29, 0.717) is 6.29 Å². The van der Waals surface area contributed by atoms with E-state index in [1.807, 2.05) is 0 Å². The number of hydrogen-bond acceptors (Lipinski definition) is 2. The molecule has 35 valence electrons. The maximum atomic E-state index is 9.55. The smallest absolute Gasteiger partial charge is 0.148 e. The van der Waals surface area contributed by atoms with E-state index in [1.54, 1.807) is 0 Å². The van der Waals surface area contributed by atoms with Crippen LogP contribution in [0.3, 0.4) is 0 Å². The Hall–Kier alpha value is -0.370. The number of rotatable bonds is 2. The second kappa shape index (κ2) is 2.85. The molecule has 0 fully saturated rings. The maximum Gasteiger partial charge on any atom is 0.148 e. The molecular weight excluding hydrogens is 80.0 g/mol. The van der Waals surface area contributed by atoms with Gasteiger partial charge >= 0.3 is 0 Å². The van der Waals surface area contributed by atoms with Gasteiger partial charge in [0.15, 0.2) is 0 Å². The molecule has 0 bridgehead atoms. The van der Waals surface area contributed by atoms with Crippen LogP contribution >= 0.6 is 0 Å². The highest BCUT2D eigenvalue weighted by Gasteiger charge is 1.89. The molecule has 0 heterocycles. The van der Waals surface area contributed by atoms with Crippen molar-refractivity contribution in [2.24, 2.45) is 0 Å². The van der Waals surface area contributed by atoms with Crippen molar-refractivity contribution in [1.82, 2.24) is 0 Å². The van der Waals surface area contributed by atoms with Crippen molar-refractivity contribution < 1.29 is 9.53 Å². The van der Waals surface area contributed by atoms with Gasteiger partial charge in [0, 0.05) is 7.11 Å². The summed E-state index contributed by atoms with van der Waals surface area (Å²) in [5.41, 5.74) is 0. The van der Waals surface area contributed by atoms with Gasteiger partial charge in [0.2, 0.25) is 0 Å². The van der Waals surface area contributed by atoms with Gasteiger partial charge in [-0.15, -0.1) is 0 Å². The minimum absolute atomic E-state index is 0.495. The van der Waals surface area contributed by atoms with Gasteiger partial charge in [0.1, 0.15) is 12.4 Å². The Balaban J connectivity index is 2.96. The zero-order valence-electron chi connectivity index (χ0n) is 3.68. The van der Waals surface area contributed by atoms with Crippen LogP contribution in [0.2, 0.25) is 0 Å². The molecule has 0 saturated carbocycles. The van der Waals surface area contributed by atoms with E-state index in [1.165, 1.54) is 7.11 Å². The van der Waals surface area contributed by atoms with Crippen molar-refractivity contribution in [3.8, 4) is 0 Å². The molecule has 0 aliphatic heterocycles. The summed E-state index contributed by atoms with van der Waals surface area (Å²) in [6.45, 7) is 3.28. The Morgan fingerprint density at radius 3 is 2.50 bits per heavy atom. The molecule has 6 heavy (non-hydrogen) atoms. The van der Waals surface area contributed by atoms with Crippen molar-refractivity contribution in [3.63, 3.8) is 0 Å². The minimum atomic E-state index is -0.495. The van der Waals surface area contributed by atoms with Crippen LogP contribution < -0.4 is 0 Å². The highest BCUT2D eigenvalue weighted by atomic mass is 16.5. The zero-order chi connectivity index (χ0) is 4.99. The van der Waals surface area contributed by atoms with Crippen molar-refractivity contribution in [2.45, 2.75) is 6.10 Å². The molecule has 1 unspecified atom stereocenters. The number of methoxy groups -OCH3 is 1. The second-order valence-electron chi connectivity index (χ2n) is 0.910. The minimum Gasteiger partial charge on any atom is -0.374 e. The van der Waals surface area contributed by atoms with Crippen LogP contribution in [-0.4, -0.2) is 19.5 Å². The van der Waals surface area contributed by atoms with Gasteiger partial charge in [-0.25, -0.2) is 0 Å². The van der Waals surface area contributed by atoms with Crippen LogP contribution in [0.25, 0.3) is 0 Å². The first-order chi connectivity index (χ1) is 2.81. The molecule has 1 radical (unpaired) electrons. The highest BCUT2D eigenvalue weighted by Crippen LogP contribution is 1.74. The van der Waals surface area contributed by atoms with Crippen LogP contribution in [-0.2, 0) is 9.53 Å². The third-order valence-corrected chi connectivity index (χ3v) is 0.455. The van der Waals surface area contributed by atoms with Crippen LogP contribution in [0, 0.1) is 6.92 Å². The van der Waals surface area contributed by atoms with Crippen molar-refractivity contribution >= 4 is 6.29 Å². The van der Waals surface area contributed by atoms with E-state index in [0.717, 1.165) is 0 Å². The molecule has 0 aromatic rings. The fourth-order valence-electron chi connectivity index (χ4n) is 0.0556. The summed E-state index contributed by atoms with van der Waals surface area (Å²) in [6, 6.07) is 0. The molecule has 0 aromatic heterocycles. The lowest BCUT2D eigenvalue weighted by Gasteiger charge is -1.93. The van der Waals surface area contributed by atoms with E-state index in [2.05, 4.69) is 11.7 Å². The molecule has 2 heteroatoms. The molecule has 1 atom stereocenters. The lowest BCUT2D eigenvalue weighted by atomic mass is 10.5. The van der Waals surface area contributed by atoms with Crippen LogP contribution in [0.1, 0.15) is 0 Å². The highest BCUT2D eigenvalue weighted by molar-refractivity contribution is 5.56. The number of carbonyl (C=O) groups is 1. The van der Waals surface area contributed by atoms with E-state index in [4.69, 9.17) is 0 Å². The Labute approximate surface area is 37.1 Å². The standard InChI is InChI=1S/C4H7O2/c1-4(3-5)6-2/h3-4H,1H2,2H3. The molecule has 0 spiro atoms. The van der Waals surface area contributed by atoms with Gasteiger partial charge in [-0.3, -0.25) is 0 Å². The Morgan fingerprint density at radius 2 is 2.50 bits per heavy atom. The summed E-state index contributed by atoms with van der Waals surface area (Å²) in [5, 5.41) is 0. The summed E-state index contributed by atoms with van der Waals surface area (Å²) in [7, 11) is 1.44. The van der Waals surface area contributed by atoms with Gasteiger partial charge < -0.3 is 9.53 Å². The summed E-state index contributed by atoms with van der Waals surface area (Å²) in [4.78, 5) is 9.55. The Bertz CT molecular complexity index is 42.8. The Kier molecular flexibility index (Phi) is 2.67. The molecule has 2 nitrogen and oxygen atoms in total. The molecule has 0 N–H and O–H groups in total. The summed E-state index contributed by atoms with van der Waals surface area (Å²) >= 11 is 0. The molecule has 0 amide bonds. The summed E-state index contributed by atoms with van der Waals surface area (Å²) < 4.78 is 4.42. The lowest BCUT2D eigenvalue weighted by molar-refractivity contribution is -0.114. The fourth-order valence-corrected chi connectivity index (χ4v) is 0.0556. The van der Waals surface area contributed by atoms with E-state index >= 15 is 0 Å². The largest absolute Gasteiger partial charge is 0.374 e. The van der Waals surface area contributed by atoms with Gasteiger partial charge in [0.05, 0.1) is 0 Å². The number of hydrogen-bond donors (Lipinski definition) is 0. The van der Waals surface area contributed by atoms with Gasteiger partial charge in [-0.1, -0.05) is 0 Å². The predicted octanol–water partition coefficient (Wildman–Crippen LogP) is 0.0344.